The Morgan fingerprint density at radius 1 is 1.28 bits per heavy atom. The van der Waals surface area contributed by atoms with Crippen molar-refractivity contribution < 1.29 is 19.4 Å². The van der Waals surface area contributed by atoms with Crippen LogP contribution in [-0.4, -0.2) is 30.9 Å². The van der Waals surface area contributed by atoms with Gasteiger partial charge in [0.05, 0.1) is 17.8 Å². The number of hydrazone groups is 1. The summed E-state index contributed by atoms with van der Waals surface area (Å²) in [5, 5.41) is 13.6. The smallest absolute Gasteiger partial charge is 0.277 e. The van der Waals surface area contributed by atoms with Crippen molar-refractivity contribution in [3.63, 3.8) is 0 Å². The second-order valence-corrected chi connectivity index (χ2v) is 6.26. The zero-order valence-electron chi connectivity index (χ0n) is 14.2. The molecule has 0 fully saturated rings. The highest BCUT2D eigenvalue weighted by atomic mass is 79.9. The number of rotatable bonds is 6. The molecule has 2 rings (SSSR count). The third-order valence-electron chi connectivity index (χ3n) is 3.38. The summed E-state index contributed by atoms with van der Waals surface area (Å²) < 4.78 is 11.0. The number of halogens is 1. The summed E-state index contributed by atoms with van der Waals surface area (Å²) in [6, 6.07) is 9.06. The average molecular weight is 407 g/mol. The molecule has 2 N–H and O–H groups in total. The van der Waals surface area contributed by atoms with Gasteiger partial charge in [0, 0.05) is 0 Å². The average Bonchev–Trinajstić information content (AvgIpc) is 2.58. The van der Waals surface area contributed by atoms with Gasteiger partial charge in [-0.05, 0) is 64.7 Å². The fourth-order valence-electron chi connectivity index (χ4n) is 2.04. The van der Waals surface area contributed by atoms with Gasteiger partial charge in [0.15, 0.2) is 18.1 Å². The number of aryl methyl sites for hydroxylation is 2. The molecule has 0 radical (unpaired) electrons. The van der Waals surface area contributed by atoms with E-state index < -0.39 is 0 Å². The van der Waals surface area contributed by atoms with Gasteiger partial charge in [0.1, 0.15) is 5.75 Å². The Morgan fingerprint density at radius 3 is 2.76 bits per heavy atom. The van der Waals surface area contributed by atoms with Crippen LogP contribution in [0.2, 0.25) is 0 Å². The summed E-state index contributed by atoms with van der Waals surface area (Å²) in [6.45, 7) is 3.74. The third-order valence-corrected chi connectivity index (χ3v) is 3.98. The summed E-state index contributed by atoms with van der Waals surface area (Å²) >= 11 is 3.22. The fraction of sp³-hybridized carbons (Fsp3) is 0.222. The van der Waals surface area contributed by atoms with Crippen molar-refractivity contribution in [3.8, 4) is 17.2 Å². The maximum Gasteiger partial charge on any atom is 0.277 e. The molecule has 7 heteroatoms. The molecule has 2 aromatic rings. The maximum absolute atomic E-state index is 11.8. The van der Waals surface area contributed by atoms with Crippen molar-refractivity contribution in [2.24, 2.45) is 5.10 Å². The normalized spacial score (nSPS) is 10.7. The van der Waals surface area contributed by atoms with E-state index in [0.717, 1.165) is 11.1 Å². The number of amides is 1. The van der Waals surface area contributed by atoms with Crippen molar-refractivity contribution in [3.05, 3.63) is 51.5 Å². The van der Waals surface area contributed by atoms with Crippen molar-refractivity contribution in [1.29, 1.82) is 0 Å². The minimum absolute atomic E-state index is 0.00519. The molecule has 1 amide bonds. The van der Waals surface area contributed by atoms with E-state index in [1.165, 1.54) is 13.3 Å². The van der Waals surface area contributed by atoms with Crippen molar-refractivity contribution in [2.75, 3.05) is 13.7 Å². The first-order valence-electron chi connectivity index (χ1n) is 7.49. The number of carbonyl (C=O) groups is 1. The van der Waals surface area contributed by atoms with E-state index in [-0.39, 0.29) is 18.3 Å². The number of phenols is 1. The van der Waals surface area contributed by atoms with Gasteiger partial charge in [-0.2, -0.15) is 5.10 Å². The first-order valence-corrected chi connectivity index (χ1v) is 8.28. The zero-order valence-corrected chi connectivity index (χ0v) is 15.8. The lowest BCUT2D eigenvalue weighted by Crippen LogP contribution is -2.24. The first-order chi connectivity index (χ1) is 11.9. The van der Waals surface area contributed by atoms with E-state index >= 15 is 0 Å². The molecule has 6 nitrogen and oxygen atoms in total. The van der Waals surface area contributed by atoms with Crippen LogP contribution in [0.25, 0.3) is 0 Å². The van der Waals surface area contributed by atoms with Gasteiger partial charge >= 0.3 is 0 Å². The van der Waals surface area contributed by atoms with Crippen LogP contribution in [0.15, 0.2) is 39.9 Å². The minimum Gasteiger partial charge on any atom is -0.503 e. The number of methoxy groups -OCH3 is 1. The highest BCUT2D eigenvalue weighted by Crippen LogP contribution is 2.34. The van der Waals surface area contributed by atoms with Gasteiger partial charge < -0.3 is 14.6 Å². The van der Waals surface area contributed by atoms with Crippen molar-refractivity contribution >= 4 is 28.1 Å². The Kier molecular flexibility index (Phi) is 6.41. The Hall–Kier alpha value is -2.54. The number of hydrogen-bond acceptors (Lipinski definition) is 5. The van der Waals surface area contributed by atoms with Gasteiger partial charge in [-0.25, -0.2) is 5.43 Å². The largest absolute Gasteiger partial charge is 0.503 e. The molecule has 0 aliphatic rings. The Labute approximate surface area is 154 Å². The molecule has 0 aromatic heterocycles. The SMILES string of the molecule is COc1cc(/C=N/NC(=O)COc2cc(C)ccc2C)cc(Br)c1O. The van der Waals surface area contributed by atoms with Crippen LogP contribution in [0, 0.1) is 13.8 Å². The van der Waals surface area contributed by atoms with Crippen LogP contribution in [0.5, 0.6) is 17.2 Å². The molecule has 0 saturated heterocycles. The third kappa shape index (κ3) is 5.22. The number of benzene rings is 2. The molecule has 2 aromatic carbocycles. The Balaban J connectivity index is 1.92. The van der Waals surface area contributed by atoms with Gasteiger partial charge in [0.2, 0.25) is 0 Å². The lowest BCUT2D eigenvalue weighted by Gasteiger charge is -2.09. The number of ether oxygens (including phenoxy) is 2. The topological polar surface area (TPSA) is 80.2 Å². The van der Waals surface area contributed by atoms with Crippen LogP contribution in [0.3, 0.4) is 0 Å². The number of nitrogens with one attached hydrogen (secondary N) is 1. The number of carbonyl (C=O) groups excluding carboxylic acids is 1. The monoisotopic (exact) mass is 406 g/mol. The molecular formula is C18H19BrN2O4. The molecule has 0 saturated carbocycles. The summed E-state index contributed by atoms with van der Waals surface area (Å²) in [7, 11) is 1.45. The quantitative estimate of drug-likeness (QED) is 0.569. The van der Waals surface area contributed by atoms with Gasteiger partial charge in [-0.15, -0.1) is 0 Å². The summed E-state index contributed by atoms with van der Waals surface area (Å²) in [5.41, 5.74) is 5.07. The van der Waals surface area contributed by atoms with E-state index in [4.69, 9.17) is 9.47 Å². The molecule has 0 atom stereocenters. The summed E-state index contributed by atoms with van der Waals surface area (Å²) in [4.78, 5) is 11.8. The van der Waals surface area contributed by atoms with E-state index in [2.05, 4.69) is 26.5 Å². The van der Waals surface area contributed by atoms with Crippen LogP contribution >= 0.6 is 15.9 Å². The van der Waals surface area contributed by atoms with Crippen LogP contribution < -0.4 is 14.9 Å². The summed E-state index contributed by atoms with van der Waals surface area (Å²) in [6.07, 6.45) is 1.45. The molecule has 0 spiro atoms. The molecule has 0 unspecified atom stereocenters. The highest BCUT2D eigenvalue weighted by Gasteiger charge is 2.08. The number of phenolic OH excluding ortho intramolecular Hbond substituents is 1. The predicted molar refractivity (Wildman–Crippen MR) is 99.5 cm³/mol. The molecule has 132 valence electrons. The first kappa shape index (κ1) is 18.8. The molecule has 0 bridgehead atoms. The van der Waals surface area contributed by atoms with E-state index in [1.807, 2.05) is 32.0 Å². The van der Waals surface area contributed by atoms with Crippen molar-refractivity contribution in [2.45, 2.75) is 13.8 Å². The van der Waals surface area contributed by atoms with E-state index in [9.17, 15) is 9.90 Å². The number of aromatic hydroxyl groups is 1. The lowest BCUT2D eigenvalue weighted by molar-refractivity contribution is -0.123. The van der Waals surface area contributed by atoms with Crippen LogP contribution in [-0.2, 0) is 4.79 Å². The maximum atomic E-state index is 11.8. The van der Waals surface area contributed by atoms with E-state index in [0.29, 0.717) is 21.5 Å². The molecule has 0 aliphatic carbocycles. The van der Waals surface area contributed by atoms with Crippen LogP contribution in [0.1, 0.15) is 16.7 Å². The predicted octanol–water partition coefficient (Wildman–Crippen LogP) is 3.31. The molecule has 0 heterocycles. The van der Waals surface area contributed by atoms with Crippen molar-refractivity contribution in [1.82, 2.24) is 5.43 Å². The van der Waals surface area contributed by atoms with E-state index in [1.54, 1.807) is 12.1 Å². The fourth-order valence-corrected chi connectivity index (χ4v) is 2.50. The van der Waals surface area contributed by atoms with Gasteiger partial charge in [0.25, 0.3) is 5.91 Å². The van der Waals surface area contributed by atoms with Gasteiger partial charge in [-0.1, -0.05) is 12.1 Å². The van der Waals surface area contributed by atoms with Gasteiger partial charge in [-0.3, -0.25) is 4.79 Å². The standard InChI is InChI=1S/C18H19BrN2O4/c1-11-4-5-12(2)15(6-11)25-10-17(22)21-20-9-13-7-14(19)18(23)16(8-13)24-3/h4-9,23H,10H2,1-3H3,(H,21,22)/b20-9+. The number of nitrogens with zero attached hydrogens (tertiary/aromatic N) is 1. The Bertz CT molecular complexity index is 806. The summed E-state index contributed by atoms with van der Waals surface area (Å²) in [5.74, 6) is 0.610. The second kappa shape index (κ2) is 8.53. The molecular weight excluding hydrogens is 388 g/mol. The second-order valence-electron chi connectivity index (χ2n) is 5.40. The number of hydrogen-bond donors (Lipinski definition) is 2. The highest BCUT2D eigenvalue weighted by molar-refractivity contribution is 9.10. The molecule has 0 aliphatic heterocycles. The minimum atomic E-state index is -0.373. The van der Waals surface area contributed by atoms with Crippen LogP contribution in [0.4, 0.5) is 0 Å². The zero-order chi connectivity index (χ0) is 18.4. The molecule has 25 heavy (non-hydrogen) atoms. The lowest BCUT2D eigenvalue weighted by atomic mass is 10.1. The Morgan fingerprint density at radius 2 is 2.04 bits per heavy atom.